The molecule has 222 valence electrons. The minimum Gasteiger partial charge on any atom is -0.369 e. The normalized spacial score (nSPS) is 17.2. The number of benzene rings is 2. The molecule has 6 rings (SSSR count). The molecule has 2 fully saturated rings. The second-order valence-corrected chi connectivity index (χ2v) is 12.8. The molecule has 0 radical (unpaired) electrons. The maximum absolute atomic E-state index is 4.61. The predicted octanol–water partition coefficient (Wildman–Crippen LogP) is 4.02. The summed E-state index contributed by atoms with van der Waals surface area (Å²) < 4.78 is 0. The fraction of sp³-hybridized carbons (Fsp3) is 0.500. The van der Waals surface area contributed by atoms with E-state index in [1.54, 1.807) is 12.7 Å². The van der Waals surface area contributed by atoms with E-state index in [1.165, 1.54) is 11.4 Å². The highest BCUT2D eigenvalue weighted by atomic mass is 15.3. The molecule has 0 bridgehead atoms. The average Bonchev–Trinajstić information content (AvgIpc) is 3.00. The first-order chi connectivity index (χ1) is 20.3. The van der Waals surface area contributed by atoms with E-state index in [0.717, 1.165) is 105 Å². The van der Waals surface area contributed by atoms with Crippen molar-refractivity contribution in [3.05, 3.63) is 49.1 Å². The molecule has 42 heavy (non-hydrogen) atoms. The molecule has 0 amide bonds. The molecule has 2 aliphatic rings. The van der Waals surface area contributed by atoms with Gasteiger partial charge in [-0.2, -0.15) is 0 Å². The lowest BCUT2D eigenvalue weighted by Gasteiger charge is -2.37. The van der Waals surface area contributed by atoms with Crippen LogP contribution < -0.4 is 20.4 Å². The van der Waals surface area contributed by atoms with Gasteiger partial charge < -0.3 is 25.3 Å². The maximum atomic E-state index is 4.61. The number of hydrogen-bond acceptors (Lipinski definition) is 10. The Bertz CT molecular complexity index is 1500. The van der Waals surface area contributed by atoms with Crippen molar-refractivity contribution in [1.82, 2.24) is 29.7 Å². The second-order valence-electron chi connectivity index (χ2n) is 12.8. The van der Waals surface area contributed by atoms with Gasteiger partial charge in [-0.05, 0) is 48.9 Å². The summed E-state index contributed by atoms with van der Waals surface area (Å²) in [5.41, 5.74) is 4.56. The van der Waals surface area contributed by atoms with Crippen molar-refractivity contribution >= 4 is 44.8 Å². The quantitative estimate of drug-likeness (QED) is 0.325. The van der Waals surface area contributed by atoms with Gasteiger partial charge in [-0.3, -0.25) is 4.90 Å². The van der Waals surface area contributed by atoms with E-state index in [0.29, 0.717) is 0 Å². The number of likely N-dealkylation sites (N-methyl/N-ethyl adjacent to an activating group) is 1. The van der Waals surface area contributed by atoms with Crippen molar-refractivity contribution in [1.29, 1.82) is 0 Å². The molecular formula is C32H44N10. The van der Waals surface area contributed by atoms with Crippen LogP contribution in [0.25, 0.3) is 21.8 Å². The number of fused-ring (bicyclic) bond motifs is 2. The maximum Gasteiger partial charge on any atom is 0.137 e. The predicted molar refractivity (Wildman–Crippen MR) is 174 cm³/mol. The Hall–Kier alpha value is -3.76. The van der Waals surface area contributed by atoms with Crippen LogP contribution in [0.2, 0.25) is 0 Å². The minimum atomic E-state index is 0.179. The Morgan fingerprint density at radius 3 is 1.71 bits per heavy atom. The van der Waals surface area contributed by atoms with E-state index in [1.807, 2.05) is 0 Å². The van der Waals surface area contributed by atoms with Gasteiger partial charge in [0, 0.05) is 94.1 Å². The minimum absolute atomic E-state index is 0.179. The van der Waals surface area contributed by atoms with Gasteiger partial charge in [-0.15, -0.1) is 0 Å². The largest absolute Gasteiger partial charge is 0.369 e. The van der Waals surface area contributed by atoms with E-state index in [9.17, 15) is 0 Å². The lowest BCUT2D eigenvalue weighted by Crippen LogP contribution is -2.46. The molecule has 0 saturated carbocycles. The zero-order chi connectivity index (χ0) is 29.1. The topological polar surface area (TPSA) is 88.6 Å². The Morgan fingerprint density at radius 1 is 0.667 bits per heavy atom. The van der Waals surface area contributed by atoms with Crippen LogP contribution in [-0.2, 0) is 0 Å². The Kier molecular flexibility index (Phi) is 8.26. The van der Waals surface area contributed by atoms with Crippen LogP contribution in [0.15, 0.2) is 49.1 Å². The van der Waals surface area contributed by atoms with Crippen molar-refractivity contribution in [2.75, 3.05) is 99.5 Å². The van der Waals surface area contributed by atoms with Gasteiger partial charge in [0.25, 0.3) is 0 Å². The molecule has 4 aromatic rings. The van der Waals surface area contributed by atoms with Crippen molar-refractivity contribution < 1.29 is 0 Å². The zero-order valence-electron chi connectivity index (χ0n) is 25.5. The van der Waals surface area contributed by atoms with Gasteiger partial charge in [0.2, 0.25) is 0 Å². The third-order valence-corrected chi connectivity index (χ3v) is 8.35. The van der Waals surface area contributed by atoms with E-state index in [-0.39, 0.29) is 5.41 Å². The van der Waals surface area contributed by atoms with Crippen molar-refractivity contribution in [3.63, 3.8) is 0 Å². The Morgan fingerprint density at radius 2 is 1.19 bits per heavy atom. The van der Waals surface area contributed by atoms with E-state index < -0.39 is 0 Å². The third-order valence-electron chi connectivity index (χ3n) is 8.35. The van der Waals surface area contributed by atoms with Gasteiger partial charge in [0.05, 0.1) is 11.0 Å². The first-order valence-corrected chi connectivity index (χ1v) is 15.2. The highest BCUT2D eigenvalue weighted by Gasteiger charge is 2.20. The third kappa shape index (κ3) is 6.65. The van der Waals surface area contributed by atoms with E-state index >= 15 is 0 Å². The molecule has 2 aromatic carbocycles. The zero-order valence-corrected chi connectivity index (χ0v) is 25.5. The first-order valence-electron chi connectivity index (χ1n) is 15.2. The summed E-state index contributed by atoms with van der Waals surface area (Å²) >= 11 is 0. The van der Waals surface area contributed by atoms with Crippen molar-refractivity contribution in [2.24, 2.45) is 5.41 Å². The van der Waals surface area contributed by atoms with Crippen LogP contribution in [0.1, 0.15) is 20.8 Å². The second kappa shape index (κ2) is 12.2. The summed E-state index contributed by atoms with van der Waals surface area (Å²) in [5, 5.41) is 9.20. The number of hydrogen-bond donors (Lipinski definition) is 2. The molecule has 2 aliphatic heterocycles. The molecule has 2 aromatic heterocycles. The summed E-state index contributed by atoms with van der Waals surface area (Å²) in [6.07, 6.45) is 3.34. The molecule has 10 heteroatoms. The van der Waals surface area contributed by atoms with Crippen LogP contribution in [0, 0.1) is 5.41 Å². The monoisotopic (exact) mass is 568 g/mol. The van der Waals surface area contributed by atoms with Crippen LogP contribution in [0.3, 0.4) is 0 Å². The van der Waals surface area contributed by atoms with Crippen LogP contribution in [-0.4, -0.2) is 109 Å². The lowest BCUT2D eigenvalue weighted by molar-refractivity contribution is 0.158. The number of rotatable bonds is 8. The average molecular weight is 569 g/mol. The molecule has 4 heterocycles. The van der Waals surface area contributed by atoms with Crippen LogP contribution >= 0.6 is 0 Å². The summed E-state index contributed by atoms with van der Waals surface area (Å²) in [5.74, 6) is 1.82. The van der Waals surface area contributed by atoms with Crippen LogP contribution in [0.5, 0.6) is 0 Å². The summed E-state index contributed by atoms with van der Waals surface area (Å²) in [7, 11) is 2.19. The molecule has 0 aliphatic carbocycles. The Balaban J connectivity index is 1.07. The fourth-order valence-corrected chi connectivity index (χ4v) is 5.74. The van der Waals surface area contributed by atoms with Gasteiger partial charge >= 0.3 is 0 Å². The van der Waals surface area contributed by atoms with Gasteiger partial charge in [0.15, 0.2) is 0 Å². The number of aromatic nitrogens is 4. The lowest BCUT2D eigenvalue weighted by atomic mass is 9.97. The summed E-state index contributed by atoms with van der Waals surface area (Å²) in [6, 6.07) is 13.1. The number of piperazine rings is 2. The van der Waals surface area contributed by atoms with Crippen molar-refractivity contribution in [3.8, 4) is 0 Å². The molecule has 2 N–H and O–H groups in total. The van der Waals surface area contributed by atoms with E-state index in [2.05, 4.69) is 114 Å². The Labute approximate surface area is 249 Å². The summed E-state index contributed by atoms with van der Waals surface area (Å²) in [6.45, 7) is 17.8. The highest BCUT2D eigenvalue weighted by Crippen LogP contribution is 2.29. The molecule has 0 atom stereocenters. The van der Waals surface area contributed by atoms with Gasteiger partial charge in [0.1, 0.15) is 24.3 Å². The molecule has 0 unspecified atom stereocenters. The van der Waals surface area contributed by atoms with Gasteiger partial charge in [-0.25, -0.2) is 19.9 Å². The molecule has 0 spiro atoms. The van der Waals surface area contributed by atoms with E-state index in [4.69, 9.17) is 0 Å². The first kappa shape index (κ1) is 28.4. The SMILES string of the molecule is CN1CCN(CCNc2ncnc3cc(N4CCN(c5ccc6c(NCC(C)(C)C)ncnc6c5)CC4)ccc23)CC1. The molecule has 10 nitrogen and oxygen atoms in total. The highest BCUT2D eigenvalue weighted by molar-refractivity contribution is 5.92. The smallest absolute Gasteiger partial charge is 0.137 e. The number of nitrogens with one attached hydrogen (secondary N) is 2. The number of nitrogens with zero attached hydrogens (tertiary/aromatic N) is 8. The van der Waals surface area contributed by atoms with Crippen molar-refractivity contribution in [2.45, 2.75) is 20.8 Å². The number of anilines is 4. The van der Waals surface area contributed by atoms with Gasteiger partial charge in [-0.1, -0.05) is 20.8 Å². The fourth-order valence-electron chi connectivity index (χ4n) is 5.74. The standard InChI is InChI=1S/C32H44N10/c1-32(2,3)21-34-31-27-8-6-25(20-29(27)36-23-38-31)42-17-15-41(16-18-42)24-5-7-26-28(19-24)35-22-37-30(26)33-9-10-40-13-11-39(4)12-14-40/h5-8,19-20,22-23H,9-18,21H2,1-4H3,(H,33,35,37)(H,34,36,38). The molecular weight excluding hydrogens is 524 g/mol. The van der Waals surface area contributed by atoms with Crippen LogP contribution in [0.4, 0.5) is 23.0 Å². The molecule has 2 saturated heterocycles. The summed E-state index contributed by atoms with van der Waals surface area (Å²) in [4.78, 5) is 28.0.